The van der Waals surface area contributed by atoms with E-state index in [0.29, 0.717) is 22.6 Å². The SMILES string of the molecule is N=C1C=C(N)C(=Nc2c(OCCO)nn3ccccc23)C=C1OCCO. The van der Waals surface area contributed by atoms with Gasteiger partial charge in [0, 0.05) is 12.3 Å². The highest BCUT2D eigenvalue weighted by Crippen LogP contribution is 2.32. The average Bonchev–Trinajstić information content (AvgIpc) is 2.98. The van der Waals surface area contributed by atoms with Gasteiger partial charge in [-0.05, 0) is 18.2 Å². The molecule has 0 atom stereocenters. The van der Waals surface area contributed by atoms with E-state index in [4.69, 9.17) is 30.8 Å². The molecule has 26 heavy (non-hydrogen) atoms. The van der Waals surface area contributed by atoms with E-state index in [1.165, 1.54) is 12.2 Å². The fourth-order valence-electron chi connectivity index (χ4n) is 2.39. The van der Waals surface area contributed by atoms with Gasteiger partial charge in [0.05, 0.1) is 35.9 Å². The van der Waals surface area contributed by atoms with Crippen molar-refractivity contribution in [3.8, 4) is 5.88 Å². The molecule has 0 aliphatic heterocycles. The minimum absolute atomic E-state index is 0.0663. The molecule has 0 amide bonds. The number of hydrogen-bond donors (Lipinski definition) is 4. The molecule has 0 fully saturated rings. The Morgan fingerprint density at radius 3 is 2.69 bits per heavy atom. The second-order valence-corrected chi connectivity index (χ2v) is 5.35. The summed E-state index contributed by atoms with van der Waals surface area (Å²) in [7, 11) is 0. The van der Waals surface area contributed by atoms with Crippen molar-refractivity contribution >= 4 is 22.6 Å². The van der Waals surface area contributed by atoms with E-state index >= 15 is 0 Å². The van der Waals surface area contributed by atoms with Crippen molar-refractivity contribution < 1.29 is 19.7 Å². The van der Waals surface area contributed by atoms with Crippen LogP contribution in [0.25, 0.3) is 5.52 Å². The maximum atomic E-state index is 9.01. The number of allylic oxidation sites excluding steroid dienone is 2. The summed E-state index contributed by atoms with van der Waals surface area (Å²) >= 11 is 0. The van der Waals surface area contributed by atoms with E-state index in [1.54, 1.807) is 10.7 Å². The van der Waals surface area contributed by atoms with Crippen LogP contribution in [0.4, 0.5) is 5.69 Å². The Morgan fingerprint density at radius 1 is 1.15 bits per heavy atom. The quantitative estimate of drug-likeness (QED) is 0.534. The molecule has 0 aromatic carbocycles. The van der Waals surface area contributed by atoms with E-state index in [0.717, 1.165) is 0 Å². The van der Waals surface area contributed by atoms with Gasteiger partial charge in [-0.3, -0.25) is 5.41 Å². The van der Waals surface area contributed by atoms with Gasteiger partial charge in [-0.25, -0.2) is 9.51 Å². The number of nitrogens with zero attached hydrogens (tertiary/aromatic N) is 3. The first kappa shape index (κ1) is 17.6. The van der Waals surface area contributed by atoms with Gasteiger partial charge in [-0.15, -0.1) is 5.10 Å². The van der Waals surface area contributed by atoms with Crippen LogP contribution in [-0.2, 0) is 4.74 Å². The number of ether oxygens (including phenoxy) is 2. The minimum Gasteiger partial charge on any atom is -0.489 e. The Morgan fingerprint density at radius 2 is 1.92 bits per heavy atom. The molecule has 0 saturated carbocycles. The van der Waals surface area contributed by atoms with Crippen molar-refractivity contribution in [2.45, 2.75) is 0 Å². The van der Waals surface area contributed by atoms with Crippen LogP contribution in [0.1, 0.15) is 0 Å². The molecule has 2 aromatic heterocycles. The molecule has 2 aromatic rings. The van der Waals surface area contributed by atoms with Gasteiger partial charge >= 0.3 is 0 Å². The fourth-order valence-corrected chi connectivity index (χ4v) is 2.39. The first-order valence-corrected chi connectivity index (χ1v) is 7.95. The molecular weight excluding hydrogens is 338 g/mol. The number of aromatic nitrogens is 2. The molecular formula is C17H19N5O4. The monoisotopic (exact) mass is 357 g/mol. The van der Waals surface area contributed by atoms with E-state index in [-0.39, 0.29) is 43.8 Å². The van der Waals surface area contributed by atoms with Crippen LogP contribution in [0, 0.1) is 5.41 Å². The smallest absolute Gasteiger partial charge is 0.260 e. The molecule has 1 aliphatic rings. The third kappa shape index (κ3) is 3.58. The van der Waals surface area contributed by atoms with Gasteiger partial charge in [0.15, 0.2) is 5.69 Å². The predicted molar refractivity (Wildman–Crippen MR) is 96.0 cm³/mol. The van der Waals surface area contributed by atoms with Gasteiger partial charge in [-0.1, -0.05) is 6.07 Å². The summed E-state index contributed by atoms with van der Waals surface area (Å²) in [5, 5.41) is 30.1. The van der Waals surface area contributed by atoms with Crippen LogP contribution >= 0.6 is 0 Å². The van der Waals surface area contributed by atoms with Gasteiger partial charge in [0.25, 0.3) is 5.88 Å². The molecule has 2 heterocycles. The largest absolute Gasteiger partial charge is 0.489 e. The number of rotatable bonds is 7. The molecule has 0 bridgehead atoms. The minimum atomic E-state index is -0.163. The predicted octanol–water partition coefficient (Wildman–Crippen LogP) is 0.547. The molecule has 1 aliphatic carbocycles. The number of hydrogen-bond acceptors (Lipinski definition) is 8. The highest BCUT2D eigenvalue weighted by molar-refractivity contribution is 6.22. The second kappa shape index (κ2) is 7.81. The summed E-state index contributed by atoms with van der Waals surface area (Å²) in [4.78, 5) is 4.55. The van der Waals surface area contributed by atoms with Crippen LogP contribution in [0.5, 0.6) is 5.88 Å². The van der Waals surface area contributed by atoms with Gasteiger partial charge < -0.3 is 25.4 Å². The molecule has 9 heteroatoms. The highest BCUT2D eigenvalue weighted by atomic mass is 16.5. The first-order chi connectivity index (χ1) is 12.6. The van der Waals surface area contributed by atoms with Crippen molar-refractivity contribution in [3.63, 3.8) is 0 Å². The zero-order valence-electron chi connectivity index (χ0n) is 13.9. The second-order valence-electron chi connectivity index (χ2n) is 5.35. The summed E-state index contributed by atoms with van der Waals surface area (Å²) in [6.07, 6.45) is 4.73. The first-order valence-electron chi connectivity index (χ1n) is 7.95. The lowest BCUT2D eigenvalue weighted by molar-refractivity contribution is 0.156. The Labute approximate surface area is 149 Å². The third-order valence-corrected chi connectivity index (χ3v) is 3.52. The van der Waals surface area contributed by atoms with Crippen molar-refractivity contribution in [1.29, 1.82) is 5.41 Å². The Kier molecular flexibility index (Phi) is 5.30. The summed E-state index contributed by atoms with van der Waals surface area (Å²) in [5.41, 5.74) is 7.95. The van der Waals surface area contributed by atoms with E-state index in [9.17, 15) is 0 Å². The average molecular weight is 357 g/mol. The van der Waals surface area contributed by atoms with Crippen molar-refractivity contribution in [3.05, 3.63) is 48.0 Å². The number of aliphatic imine (C=N–C) groups is 1. The number of pyridine rings is 1. The number of aliphatic hydroxyl groups is 2. The molecule has 0 saturated heterocycles. The summed E-state index contributed by atoms with van der Waals surface area (Å²) in [6.45, 7) is -0.166. The lowest BCUT2D eigenvalue weighted by Crippen LogP contribution is -2.20. The van der Waals surface area contributed by atoms with Crippen molar-refractivity contribution in [1.82, 2.24) is 9.61 Å². The molecule has 9 nitrogen and oxygen atoms in total. The van der Waals surface area contributed by atoms with E-state index < -0.39 is 0 Å². The lowest BCUT2D eigenvalue weighted by atomic mass is 10.1. The van der Waals surface area contributed by atoms with Crippen molar-refractivity contribution in [2.24, 2.45) is 10.7 Å². The summed E-state index contributed by atoms with van der Waals surface area (Å²) in [5.74, 6) is 0.527. The topological polar surface area (TPSA) is 138 Å². The van der Waals surface area contributed by atoms with E-state index in [1.807, 2.05) is 18.2 Å². The number of nitrogens with one attached hydrogen (secondary N) is 1. The Hall–Kier alpha value is -3.17. The van der Waals surface area contributed by atoms with Gasteiger partial charge in [-0.2, -0.15) is 0 Å². The summed E-state index contributed by atoms with van der Waals surface area (Å²) < 4.78 is 12.4. The summed E-state index contributed by atoms with van der Waals surface area (Å²) in [6, 6.07) is 5.50. The van der Waals surface area contributed by atoms with Gasteiger partial charge in [0.2, 0.25) is 0 Å². The van der Waals surface area contributed by atoms with Crippen LogP contribution in [0.2, 0.25) is 0 Å². The van der Waals surface area contributed by atoms with Gasteiger partial charge in [0.1, 0.15) is 19.0 Å². The standard InChI is InChI=1S/C17H19N5O4/c18-11-9-12(19)15(25-7-5-23)10-13(11)20-16-14-3-1-2-4-22(14)21-17(16)26-8-6-24/h1-4,9-10,19,23-24H,5-8,18H2. The Balaban J connectivity index is 2.06. The zero-order chi connectivity index (χ0) is 18.5. The highest BCUT2D eigenvalue weighted by Gasteiger charge is 2.19. The molecule has 0 spiro atoms. The normalized spacial score (nSPS) is 15.9. The zero-order valence-corrected chi connectivity index (χ0v) is 13.9. The van der Waals surface area contributed by atoms with E-state index in [2.05, 4.69) is 10.1 Å². The third-order valence-electron chi connectivity index (χ3n) is 3.52. The molecule has 0 unspecified atom stereocenters. The molecule has 136 valence electrons. The maximum Gasteiger partial charge on any atom is 0.260 e. The lowest BCUT2D eigenvalue weighted by Gasteiger charge is -2.15. The number of aliphatic hydroxyl groups excluding tert-OH is 2. The molecule has 3 rings (SSSR count). The Bertz CT molecular complexity index is 913. The van der Waals surface area contributed by atoms with Crippen LogP contribution in [-0.4, -0.2) is 57.7 Å². The molecule has 5 N–H and O–H groups in total. The maximum absolute atomic E-state index is 9.01. The van der Waals surface area contributed by atoms with Crippen molar-refractivity contribution in [2.75, 3.05) is 26.4 Å². The number of fused-ring (bicyclic) bond motifs is 1. The number of nitrogens with two attached hydrogens (primary N) is 1. The fraction of sp³-hybridized carbons (Fsp3) is 0.235. The molecule has 0 radical (unpaired) electrons. The van der Waals surface area contributed by atoms with Crippen LogP contribution < -0.4 is 10.5 Å². The van der Waals surface area contributed by atoms with Crippen LogP contribution in [0.15, 0.2) is 53.0 Å². The van der Waals surface area contributed by atoms with Crippen LogP contribution in [0.3, 0.4) is 0 Å².